The Morgan fingerprint density at radius 2 is 2.40 bits per heavy atom. The lowest BCUT2D eigenvalue weighted by Crippen LogP contribution is -2.36. The summed E-state index contributed by atoms with van der Waals surface area (Å²) in [5.41, 5.74) is 0.946. The third-order valence-electron chi connectivity index (χ3n) is 3.06. The summed E-state index contributed by atoms with van der Waals surface area (Å²) in [5.74, 6) is -0.804. The zero-order valence-electron chi connectivity index (χ0n) is 8.77. The van der Waals surface area contributed by atoms with Crippen LogP contribution in [0.2, 0.25) is 0 Å². The summed E-state index contributed by atoms with van der Waals surface area (Å²) in [6, 6.07) is 2.58. The first-order chi connectivity index (χ1) is 7.18. The average Bonchev–Trinajstić information content (AvgIpc) is 2.48. The summed E-state index contributed by atoms with van der Waals surface area (Å²) in [5, 5.41) is 10.8. The van der Waals surface area contributed by atoms with Crippen molar-refractivity contribution in [3.05, 3.63) is 21.9 Å². The molecule has 0 spiro atoms. The Morgan fingerprint density at radius 3 is 2.93 bits per heavy atom. The Kier molecular flexibility index (Phi) is 3.07. The van der Waals surface area contributed by atoms with E-state index in [0.717, 1.165) is 12.1 Å². The molecule has 4 heteroatoms. The zero-order chi connectivity index (χ0) is 10.8. The van der Waals surface area contributed by atoms with Gasteiger partial charge in [-0.15, -0.1) is 11.3 Å². The smallest absolute Gasteiger partial charge is 0.346 e. The van der Waals surface area contributed by atoms with Gasteiger partial charge in [-0.3, -0.25) is 4.90 Å². The SMILES string of the molecule is CN(Cc1ccsc1C(=O)O)C1CCC1. The highest BCUT2D eigenvalue weighted by atomic mass is 32.1. The minimum absolute atomic E-state index is 0.487. The van der Waals surface area contributed by atoms with Crippen molar-refractivity contribution >= 4 is 17.3 Å². The molecule has 0 bridgehead atoms. The van der Waals surface area contributed by atoms with Gasteiger partial charge in [0.1, 0.15) is 4.88 Å². The molecule has 0 aromatic carbocycles. The monoisotopic (exact) mass is 225 g/mol. The number of hydrogen-bond acceptors (Lipinski definition) is 3. The van der Waals surface area contributed by atoms with E-state index in [0.29, 0.717) is 10.9 Å². The highest BCUT2D eigenvalue weighted by Crippen LogP contribution is 2.26. The van der Waals surface area contributed by atoms with Gasteiger partial charge in [-0.25, -0.2) is 4.79 Å². The number of carboxylic acid groups (broad SMARTS) is 1. The van der Waals surface area contributed by atoms with Crippen LogP contribution in [0.4, 0.5) is 0 Å². The van der Waals surface area contributed by atoms with Gasteiger partial charge >= 0.3 is 5.97 Å². The Hall–Kier alpha value is -0.870. The molecule has 1 aromatic rings. The first-order valence-corrected chi connectivity index (χ1v) is 6.06. The quantitative estimate of drug-likeness (QED) is 0.855. The standard InChI is InChI=1S/C11H15NO2S/c1-12(9-3-2-4-9)7-8-5-6-15-10(8)11(13)14/h5-6,9H,2-4,7H2,1H3,(H,13,14). The van der Waals surface area contributed by atoms with Crippen LogP contribution in [-0.4, -0.2) is 29.1 Å². The predicted octanol–water partition coefficient (Wildman–Crippen LogP) is 2.43. The van der Waals surface area contributed by atoms with E-state index >= 15 is 0 Å². The van der Waals surface area contributed by atoms with Crippen LogP contribution in [0.1, 0.15) is 34.5 Å². The van der Waals surface area contributed by atoms with Gasteiger partial charge in [0, 0.05) is 12.6 Å². The maximum Gasteiger partial charge on any atom is 0.346 e. The van der Waals surface area contributed by atoms with Crippen LogP contribution in [0.3, 0.4) is 0 Å². The molecule has 15 heavy (non-hydrogen) atoms. The number of aromatic carboxylic acids is 1. The van der Waals surface area contributed by atoms with Crippen molar-refractivity contribution in [1.29, 1.82) is 0 Å². The number of carboxylic acids is 1. The number of nitrogens with zero attached hydrogens (tertiary/aromatic N) is 1. The molecule has 0 unspecified atom stereocenters. The molecule has 0 atom stereocenters. The molecule has 1 aliphatic rings. The summed E-state index contributed by atoms with van der Waals surface area (Å²) >= 11 is 1.31. The number of carbonyl (C=O) groups is 1. The molecule has 1 aromatic heterocycles. The molecule has 3 nitrogen and oxygen atoms in total. The molecule has 2 rings (SSSR count). The molecular weight excluding hydrogens is 210 g/mol. The van der Waals surface area contributed by atoms with Crippen molar-refractivity contribution in [2.24, 2.45) is 0 Å². The number of thiophene rings is 1. The van der Waals surface area contributed by atoms with Gasteiger partial charge in [0.05, 0.1) is 0 Å². The van der Waals surface area contributed by atoms with Crippen molar-refractivity contribution < 1.29 is 9.90 Å². The van der Waals surface area contributed by atoms with E-state index in [2.05, 4.69) is 11.9 Å². The summed E-state index contributed by atoms with van der Waals surface area (Å²) in [7, 11) is 2.08. The Bertz CT molecular complexity index is 357. The van der Waals surface area contributed by atoms with Crippen LogP contribution in [0.5, 0.6) is 0 Å². The van der Waals surface area contributed by atoms with Gasteiger partial charge in [-0.1, -0.05) is 6.42 Å². The van der Waals surface area contributed by atoms with E-state index in [4.69, 9.17) is 5.11 Å². The maximum atomic E-state index is 10.9. The molecule has 1 N–H and O–H groups in total. The second-order valence-electron chi connectivity index (χ2n) is 4.08. The average molecular weight is 225 g/mol. The largest absolute Gasteiger partial charge is 0.477 e. The maximum absolute atomic E-state index is 10.9. The molecule has 0 amide bonds. The summed E-state index contributed by atoms with van der Waals surface area (Å²) in [6.07, 6.45) is 3.82. The number of rotatable bonds is 4. The summed E-state index contributed by atoms with van der Waals surface area (Å²) in [6.45, 7) is 0.760. The summed E-state index contributed by atoms with van der Waals surface area (Å²) < 4.78 is 0. The lowest BCUT2D eigenvalue weighted by Gasteiger charge is -2.34. The van der Waals surface area contributed by atoms with Gasteiger partial charge in [-0.2, -0.15) is 0 Å². The van der Waals surface area contributed by atoms with E-state index in [-0.39, 0.29) is 0 Å². The molecule has 1 aliphatic carbocycles. The molecule has 0 aliphatic heterocycles. The second-order valence-corrected chi connectivity index (χ2v) is 5.00. The van der Waals surface area contributed by atoms with Crippen molar-refractivity contribution in [2.45, 2.75) is 31.8 Å². The Morgan fingerprint density at radius 1 is 1.67 bits per heavy atom. The van der Waals surface area contributed by atoms with Crippen molar-refractivity contribution in [1.82, 2.24) is 4.90 Å². The Labute approximate surface area is 93.3 Å². The first-order valence-electron chi connectivity index (χ1n) is 5.18. The Balaban J connectivity index is 2.02. The third kappa shape index (κ3) is 2.21. The molecular formula is C11H15NO2S. The third-order valence-corrected chi connectivity index (χ3v) is 4.00. The van der Waals surface area contributed by atoms with E-state index in [1.54, 1.807) is 0 Å². The number of hydrogen-bond donors (Lipinski definition) is 1. The van der Waals surface area contributed by atoms with E-state index < -0.39 is 5.97 Å². The van der Waals surface area contributed by atoms with Crippen LogP contribution in [0, 0.1) is 0 Å². The highest BCUT2D eigenvalue weighted by molar-refractivity contribution is 7.12. The van der Waals surface area contributed by atoms with Crippen LogP contribution in [0.15, 0.2) is 11.4 Å². The second kappa shape index (κ2) is 4.33. The molecule has 82 valence electrons. The normalized spacial score (nSPS) is 16.7. The van der Waals surface area contributed by atoms with Crippen molar-refractivity contribution in [3.63, 3.8) is 0 Å². The topological polar surface area (TPSA) is 40.5 Å². The van der Waals surface area contributed by atoms with Crippen LogP contribution < -0.4 is 0 Å². The van der Waals surface area contributed by atoms with E-state index in [9.17, 15) is 4.79 Å². The molecule has 1 fully saturated rings. The lowest BCUT2D eigenvalue weighted by atomic mass is 9.91. The molecule has 1 saturated carbocycles. The highest BCUT2D eigenvalue weighted by Gasteiger charge is 2.23. The molecule has 0 radical (unpaired) electrons. The zero-order valence-corrected chi connectivity index (χ0v) is 9.59. The van der Waals surface area contributed by atoms with Crippen molar-refractivity contribution in [2.75, 3.05) is 7.05 Å². The van der Waals surface area contributed by atoms with Gasteiger partial charge in [0.2, 0.25) is 0 Å². The lowest BCUT2D eigenvalue weighted by molar-refractivity contribution is 0.0698. The van der Waals surface area contributed by atoms with Gasteiger partial charge in [0.15, 0.2) is 0 Å². The minimum atomic E-state index is -0.804. The fourth-order valence-corrected chi connectivity index (χ4v) is 2.63. The summed E-state index contributed by atoms with van der Waals surface area (Å²) in [4.78, 5) is 13.7. The molecule has 0 saturated heterocycles. The fraction of sp³-hybridized carbons (Fsp3) is 0.545. The van der Waals surface area contributed by atoms with E-state index in [1.807, 2.05) is 11.4 Å². The van der Waals surface area contributed by atoms with Crippen LogP contribution >= 0.6 is 11.3 Å². The van der Waals surface area contributed by atoms with Gasteiger partial charge < -0.3 is 5.11 Å². The molecule has 1 heterocycles. The van der Waals surface area contributed by atoms with Gasteiger partial charge in [0.25, 0.3) is 0 Å². The fourth-order valence-electron chi connectivity index (χ4n) is 1.87. The predicted molar refractivity (Wildman–Crippen MR) is 60.4 cm³/mol. The minimum Gasteiger partial charge on any atom is -0.477 e. The van der Waals surface area contributed by atoms with Crippen LogP contribution in [-0.2, 0) is 6.54 Å². The van der Waals surface area contributed by atoms with E-state index in [1.165, 1.54) is 30.6 Å². The first kappa shape index (κ1) is 10.6. The van der Waals surface area contributed by atoms with Crippen LogP contribution in [0.25, 0.3) is 0 Å². The van der Waals surface area contributed by atoms with Gasteiger partial charge in [-0.05, 0) is 36.9 Å². The van der Waals surface area contributed by atoms with Crippen molar-refractivity contribution in [3.8, 4) is 0 Å².